The molecular formula is C14H30AlO5Si. The second-order valence-electron chi connectivity index (χ2n) is 5.16. The molecule has 1 radical (unpaired) electrons. The van der Waals surface area contributed by atoms with Crippen LogP contribution in [0.2, 0.25) is 11.8 Å². The van der Waals surface area contributed by atoms with Gasteiger partial charge in [-0.3, -0.25) is 4.79 Å². The van der Waals surface area contributed by atoms with Crippen molar-refractivity contribution in [1.29, 1.82) is 0 Å². The Balaban J connectivity index is 0.000000567. The Morgan fingerprint density at radius 3 is 2.19 bits per heavy atom. The van der Waals surface area contributed by atoms with Crippen molar-refractivity contribution in [1.82, 2.24) is 0 Å². The molecule has 5 nitrogen and oxygen atoms in total. The molecule has 1 aliphatic rings. The van der Waals surface area contributed by atoms with Crippen molar-refractivity contribution in [2.75, 3.05) is 21.3 Å². The molecule has 0 aromatic carbocycles. The van der Waals surface area contributed by atoms with Crippen LogP contribution >= 0.6 is 0 Å². The minimum Gasteiger partial charge on any atom is -0.622 e. The number of methoxy groups -OCH3 is 1. The summed E-state index contributed by atoms with van der Waals surface area (Å²) in [6.45, 7) is 3.61. The summed E-state index contributed by atoms with van der Waals surface area (Å²) in [6.07, 6.45) is 5.70. The highest BCUT2D eigenvalue weighted by Crippen LogP contribution is 2.42. The van der Waals surface area contributed by atoms with Gasteiger partial charge in [0.1, 0.15) is 5.22 Å². The number of hydrogen-bond acceptors (Lipinski definition) is 5. The van der Waals surface area contributed by atoms with Gasteiger partial charge in [0.15, 0.2) is 0 Å². The average molecular weight is 333 g/mol. The molecule has 1 saturated heterocycles. The summed E-state index contributed by atoms with van der Waals surface area (Å²) in [5, 5.41) is -0.122. The summed E-state index contributed by atoms with van der Waals surface area (Å²) >= 11 is -0.0972. The zero-order chi connectivity index (χ0) is 16.4. The molecule has 0 aliphatic carbocycles. The van der Waals surface area contributed by atoms with Gasteiger partial charge in [-0.05, 0) is 18.9 Å². The van der Waals surface area contributed by atoms with Crippen molar-refractivity contribution in [3.8, 4) is 0 Å². The molecule has 1 atom stereocenters. The molecule has 123 valence electrons. The van der Waals surface area contributed by atoms with Gasteiger partial charge in [0, 0.05) is 28.3 Å². The van der Waals surface area contributed by atoms with Crippen molar-refractivity contribution in [3.63, 3.8) is 0 Å². The Labute approximate surface area is 137 Å². The lowest BCUT2D eigenvalue weighted by molar-refractivity contribution is -0.131. The molecule has 0 saturated carbocycles. The van der Waals surface area contributed by atoms with Crippen LogP contribution in [0.25, 0.3) is 0 Å². The molecule has 1 unspecified atom stereocenters. The fraction of sp³-hybridized carbons (Fsp3) is 0.929. The Hall–Kier alpha value is 0.0994. The van der Waals surface area contributed by atoms with E-state index >= 15 is 0 Å². The van der Waals surface area contributed by atoms with Gasteiger partial charge in [0.2, 0.25) is 0 Å². The first-order valence-corrected chi connectivity index (χ1v) is 11.2. The highest BCUT2D eigenvalue weighted by molar-refractivity contribution is 6.70. The van der Waals surface area contributed by atoms with Gasteiger partial charge in [-0.15, -0.1) is 0 Å². The minimum absolute atomic E-state index is 0.0972. The van der Waals surface area contributed by atoms with Crippen LogP contribution in [0.3, 0.4) is 0 Å². The van der Waals surface area contributed by atoms with E-state index in [0.29, 0.717) is 0 Å². The lowest BCUT2D eigenvalue weighted by atomic mass is 10.1. The predicted molar refractivity (Wildman–Crippen MR) is 86.5 cm³/mol. The highest BCUT2D eigenvalue weighted by Gasteiger charge is 2.58. The largest absolute Gasteiger partial charge is 0.622 e. The van der Waals surface area contributed by atoms with Crippen LogP contribution in [0.4, 0.5) is 0 Å². The SMILES string of the molecule is CCCC1(OC)CCCC[Si]1(OC)OC.[CH3][Al][O]C(C)=O. The van der Waals surface area contributed by atoms with E-state index in [1.165, 1.54) is 19.8 Å². The summed E-state index contributed by atoms with van der Waals surface area (Å²) in [4.78, 5) is 9.84. The zero-order valence-corrected chi connectivity index (χ0v) is 16.5. The lowest BCUT2D eigenvalue weighted by Crippen LogP contribution is -2.64. The van der Waals surface area contributed by atoms with E-state index in [-0.39, 0.29) is 26.7 Å². The average Bonchev–Trinajstić information content (AvgIpc) is 2.48. The van der Waals surface area contributed by atoms with Crippen molar-refractivity contribution < 1.29 is 22.2 Å². The third-order valence-electron chi connectivity index (χ3n) is 4.02. The Morgan fingerprint density at radius 2 is 1.86 bits per heavy atom. The second kappa shape index (κ2) is 10.8. The maximum absolute atomic E-state index is 9.84. The van der Waals surface area contributed by atoms with Crippen molar-refractivity contribution >= 4 is 30.1 Å². The Bertz CT molecular complexity index is 295. The third-order valence-corrected chi connectivity index (χ3v) is 9.01. The normalized spacial score (nSPS) is 23.7. The van der Waals surface area contributed by atoms with Crippen LogP contribution in [-0.2, 0) is 22.2 Å². The van der Waals surface area contributed by atoms with Crippen molar-refractivity contribution in [2.24, 2.45) is 0 Å². The fourth-order valence-electron chi connectivity index (χ4n) is 3.09. The lowest BCUT2D eigenvalue weighted by Gasteiger charge is -2.47. The molecule has 0 aromatic rings. The minimum atomic E-state index is -2.15. The van der Waals surface area contributed by atoms with E-state index in [0.717, 1.165) is 25.3 Å². The smallest absolute Gasteiger partial charge is 0.521 e. The van der Waals surface area contributed by atoms with E-state index in [4.69, 9.17) is 13.6 Å². The van der Waals surface area contributed by atoms with Gasteiger partial charge in [0.25, 0.3) is 5.97 Å². The summed E-state index contributed by atoms with van der Waals surface area (Å²) in [5.41, 5.74) is 0. The maximum Gasteiger partial charge on any atom is 0.521 e. The molecule has 1 rings (SSSR count). The van der Waals surface area contributed by atoms with Crippen LogP contribution in [0.5, 0.6) is 0 Å². The van der Waals surface area contributed by atoms with Crippen LogP contribution in [0.1, 0.15) is 46.0 Å². The summed E-state index contributed by atoms with van der Waals surface area (Å²) in [6, 6.07) is 1.06. The predicted octanol–water partition coefficient (Wildman–Crippen LogP) is 2.85. The van der Waals surface area contributed by atoms with E-state index in [1.807, 2.05) is 5.79 Å². The molecule has 0 aromatic heterocycles. The molecular weight excluding hydrogens is 303 g/mol. The van der Waals surface area contributed by atoms with E-state index in [2.05, 4.69) is 10.7 Å². The van der Waals surface area contributed by atoms with Crippen LogP contribution in [0, 0.1) is 0 Å². The van der Waals surface area contributed by atoms with Gasteiger partial charge in [-0.2, -0.15) is 0 Å². The topological polar surface area (TPSA) is 54.0 Å². The Kier molecular flexibility index (Phi) is 10.8. The molecule has 21 heavy (non-hydrogen) atoms. The molecule has 7 heteroatoms. The molecule has 1 heterocycles. The summed E-state index contributed by atoms with van der Waals surface area (Å²) in [7, 11) is 3.22. The number of hydrogen-bond donors (Lipinski definition) is 0. The van der Waals surface area contributed by atoms with Gasteiger partial charge in [0.05, 0.1) is 0 Å². The number of ether oxygens (including phenoxy) is 1. The second-order valence-corrected chi connectivity index (χ2v) is 9.60. The Morgan fingerprint density at radius 1 is 1.24 bits per heavy atom. The van der Waals surface area contributed by atoms with Gasteiger partial charge >= 0.3 is 24.1 Å². The number of carbonyl (C=O) groups is 1. The molecule has 0 N–H and O–H groups in total. The van der Waals surface area contributed by atoms with Gasteiger partial charge in [-0.1, -0.05) is 32.0 Å². The van der Waals surface area contributed by atoms with E-state index in [1.54, 1.807) is 21.3 Å². The standard InChI is InChI=1S/C11H24O3Si.C2H4O2.CH3.Al/c1-5-8-11(12-2)9-6-7-10-15(11,13-3)14-4;1-2(3)4;;/h5-10H2,1-4H3;1H3,(H,3,4);1H3;/q;;;+1/p-1. The van der Waals surface area contributed by atoms with Crippen LogP contribution in [-0.4, -0.2) is 56.6 Å². The fourth-order valence-corrected chi connectivity index (χ4v) is 7.41. The molecule has 1 fully saturated rings. The quantitative estimate of drug-likeness (QED) is 0.700. The van der Waals surface area contributed by atoms with E-state index < -0.39 is 8.56 Å². The van der Waals surface area contributed by atoms with Crippen molar-refractivity contribution in [2.45, 2.75) is 63.0 Å². The zero-order valence-electron chi connectivity index (χ0n) is 14.4. The van der Waals surface area contributed by atoms with Crippen molar-refractivity contribution in [3.05, 3.63) is 0 Å². The first-order valence-electron chi connectivity index (χ1n) is 7.58. The van der Waals surface area contributed by atoms with E-state index in [9.17, 15) is 4.79 Å². The third kappa shape index (κ3) is 5.66. The molecule has 0 bridgehead atoms. The van der Waals surface area contributed by atoms with Gasteiger partial charge in [-0.25, -0.2) is 0 Å². The maximum atomic E-state index is 9.84. The number of rotatable bonds is 6. The van der Waals surface area contributed by atoms with Crippen LogP contribution in [0.15, 0.2) is 0 Å². The summed E-state index contributed by atoms with van der Waals surface area (Å²) in [5.74, 6) is 1.69. The molecule has 0 spiro atoms. The molecule has 1 aliphatic heterocycles. The van der Waals surface area contributed by atoms with Crippen LogP contribution < -0.4 is 0 Å². The summed E-state index contributed by atoms with van der Waals surface area (Å²) < 4.78 is 21.9. The van der Waals surface area contributed by atoms with Gasteiger partial charge < -0.3 is 17.4 Å². The highest BCUT2D eigenvalue weighted by atomic mass is 28.4. The molecule has 0 amide bonds. The monoisotopic (exact) mass is 333 g/mol. The number of carbonyl (C=O) groups excluding carboxylic acids is 1. The first kappa shape index (κ1) is 21.1. The first-order chi connectivity index (χ1) is 9.97.